The van der Waals surface area contributed by atoms with Gasteiger partial charge in [-0.05, 0) is 86.6 Å². The van der Waals surface area contributed by atoms with E-state index in [4.69, 9.17) is 39.5 Å². The first kappa shape index (κ1) is 38.3. The topological polar surface area (TPSA) is 128 Å². The van der Waals surface area contributed by atoms with E-state index < -0.39 is 0 Å². The number of nitriles is 1. The van der Waals surface area contributed by atoms with Crippen molar-refractivity contribution in [2.75, 3.05) is 79.1 Å². The summed E-state index contributed by atoms with van der Waals surface area (Å²) in [6.07, 6.45) is 13.0. The molecule has 13 heteroatoms. The summed E-state index contributed by atoms with van der Waals surface area (Å²) < 4.78 is 5.59. The summed E-state index contributed by atoms with van der Waals surface area (Å²) in [6, 6.07) is 23.3. The maximum Gasteiger partial charge on any atom is 0.298 e. The van der Waals surface area contributed by atoms with Crippen LogP contribution in [-0.2, 0) is 6.42 Å². The third-order valence-electron chi connectivity index (χ3n) is 14.0. The molecule has 5 aliphatic rings. The van der Waals surface area contributed by atoms with Gasteiger partial charge < -0.3 is 24.3 Å². The number of piperidine rings is 2. The normalized spacial score (nSPS) is 19.8. The van der Waals surface area contributed by atoms with Crippen molar-refractivity contribution < 1.29 is 4.74 Å². The van der Waals surface area contributed by atoms with Crippen LogP contribution in [0, 0.1) is 36.2 Å². The minimum absolute atomic E-state index is 0.117. The average Bonchev–Trinajstić information content (AvgIpc) is 3.68. The summed E-state index contributed by atoms with van der Waals surface area (Å²) in [5.74, 6) is 5.84. The molecule has 0 radical (unpaired) electrons. The van der Waals surface area contributed by atoms with Gasteiger partial charge in [-0.3, -0.25) is 9.97 Å². The van der Waals surface area contributed by atoms with Crippen LogP contribution in [0.1, 0.15) is 78.1 Å². The maximum atomic E-state index is 9.38. The highest BCUT2D eigenvalue weighted by atomic mass is 16.5. The van der Waals surface area contributed by atoms with Crippen LogP contribution in [-0.4, -0.2) is 89.4 Å². The Kier molecular flexibility index (Phi) is 9.90. The second-order valence-electron chi connectivity index (χ2n) is 17.8. The van der Waals surface area contributed by atoms with E-state index in [-0.39, 0.29) is 12.0 Å². The fourth-order valence-corrected chi connectivity index (χ4v) is 10.3. The third kappa shape index (κ3) is 7.03. The minimum atomic E-state index is 0.117. The Bertz CT molecular complexity index is 2770. The van der Waals surface area contributed by atoms with Gasteiger partial charge >= 0.3 is 0 Å². The molecule has 312 valence electrons. The smallest absolute Gasteiger partial charge is 0.298 e. The summed E-state index contributed by atoms with van der Waals surface area (Å²) >= 11 is 0. The Morgan fingerprint density at radius 3 is 2.00 bits per heavy atom. The van der Waals surface area contributed by atoms with Crippen molar-refractivity contribution in [3.05, 3.63) is 106 Å². The van der Waals surface area contributed by atoms with Gasteiger partial charge in [0.25, 0.3) is 12.1 Å². The summed E-state index contributed by atoms with van der Waals surface area (Å²) in [5, 5.41) is 11.7. The standard InChI is InChI=1S/C49H51N12O/c1-31-22-44(61-29-37(30-61)47-48(53-16-15-52-47)58-18-10-32(25-50)11-19-58)56-41-24-39-35(23-38(31)41)6-8-40(39)55-26-33-12-20-59(21-13-33)49-46(51-14-17-54-49)36-27-60(28-36)43-9-7-34-4-3-5-42(62-2)45(34)57-43/h3-5,7,9,14-17,22-24,32-33,36-37,40H,6,8,10-13,18-21,27-30H2,1-2H3/q+1. The molecule has 1 aliphatic carbocycles. The number of para-hydroxylation sites is 1. The van der Waals surface area contributed by atoms with Gasteiger partial charge in [-0.2, -0.15) is 5.26 Å². The number of hydrogen-bond donors (Lipinski definition) is 0. The SMILES string of the molecule is COc1cccc2ccc(N3CC(c4nccnc4N4CCC(C#[N+]C5CCc6cc7c(C)cc(N8CC(c9nccnc9N9CCC(C#N)CC9)C8)nc7cc65)CC4)C3)nc12. The molecule has 4 aromatic heterocycles. The van der Waals surface area contributed by atoms with Gasteiger partial charge in [0.2, 0.25) is 0 Å². The number of hydrogen-bond acceptors (Lipinski definition) is 12. The van der Waals surface area contributed by atoms with Crippen molar-refractivity contribution in [2.24, 2.45) is 11.8 Å². The number of nitrogens with zero attached hydrogens (tertiary/aromatic N) is 12. The Hall–Kier alpha value is -6.60. The molecule has 4 saturated heterocycles. The predicted molar refractivity (Wildman–Crippen MR) is 243 cm³/mol. The fourth-order valence-electron chi connectivity index (χ4n) is 10.3. The van der Waals surface area contributed by atoms with Gasteiger partial charge in [0.15, 0.2) is 11.6 Å². The zero-order chi connectivity index (χ0) is 41.7. The zero-order valence-electron chi connectivity index (χ0n) is 35.5. The lowest BCUT2D eigenvalue weighted by Crippen LogP contribution is -2.47. The maximum absolute atomic E-state index is 9.38. The summed E-state index contributed by atoms with van der Waals surface area (Å²) in [4.78, 5) is 44.1. The number of rotatable bonds is 7. The van der Waals surface area contributed by atoms with Crippen molar-refractivity contribution in [3.8, 4) is 17.9 Å². The number of fused-ring (bicyclic) bond motifs is 3. The van der Waals surface area contributed by atoms with Gasteiger partial charge in [-0.1, -0.05) is 17.0 Å². The van der Waals surface area contributed by atoms with E-state index in [2.05, 4.69) is 75.1 Å². The number of benzene rings is 2. The van der Waals surface area contributed by atoms with Crippen LogP contribution in [0.15, 0.2) is 73.3 Å². The van der Waals surface area contributed by atoms with E-state index in [9.17, 15) is 5.26 Å². The Morgan fingerprint density at radius 1 is 0.694 bits per heavy atom. The van der Waals surface area contributed by atoms with Crippen molar-refractivity contribution in [3.63, 3.8) is 0 Å². The van der Waals surface area contributed by atoms with Crippen molar-refractivity contribution in [1.82, 2.24) is 29.9 Å². The molecular weight excluding hydrogens is 773 g/mol. The highest BCUT2D eigenvalue weighted by molar-refractivity contribution is 5.87. The van der Waals surface area contributed by atoms with Crippen LogP contribution in [0.3, 0.4) is 0 Å². The summed E-state index contributed by atoms with van der Waals surface area (Å²) in [5.41, 5.74) is 8.02. The Balaban J connectivity index is 0.728. The molecule has 0 saturated carbocycles. The lowest BCUT2D eigenvalue weighted by Gasteiger charge is -2.41. The molecule has 2 aromatic carbocycles. The molecule has 4 aliphatic heterocycles. The first-order chi connectivity index (χ1) is 30.5. The number of ether oxygens (including phenoxy) is 1. The Labute approximate surface area is 362 Å². The first-order valence-corrected chi connectivity index (χ1v) is 22.3. The summed E-state index contributed by atoms with van der Waals surface area (Å²) in [7, 11) is 1.70. The van der Waals surface area contributed by atoms with E-state index >= 15 is 0 Å². The van der Waals surface area contributed by atoms with E-state index in [1.807, 2.05) is 30.7 Å². The molecule has 11 rings (SSSR count). The molecule has 0 bridgehead atoms. The fraction of sp³-hybridized carbons (Fsp3) is 0.429. The Morgan fingerprint density at radius 2 is 1.34 bits per heavy atom. The van der Waals surface area contributed by atoms with Gasteiger partial charge in [-0.15, -0.1) is 0 Å². The molecule has 0 amide bonds. The van der Waals surface area contributed by atoms with Crippen LogP contribution in [0.25, 0.3) is 26.7 Å². The number of anilines is 4. The van der Waals surface area contributed by atoms with E-state index in [0.29, 0.717) is 17.8 Å². The van der Waals surface area contributed by atoms with Crippen LogP contribution >= 0.6 is 0 Å². The molecule has 4 fully saturated rings. The zero-order valence-corrected chi connectivity index (χ0v) is 35.5. The van der Waals surface area contributed by atoms with E-state index in [1.165, 1.54) is 22.1 Å². The van der Waals surface area contributed by atoms with Crippen molar-refractivity contribution >= 4 is 45.1 Å². The van der Waals surface area contributed by atoms with Crippen LogP contribution in [0.4, 0.5) is 23.3 Å². The quantitative estimate of drug-likeness (QED) is 0.156. The monoisotopic (exact) mass is 823 g/mol. The highest BCUT2D eigenvalue weighted by Gasteiger charge is 2.37. The second-order valence-corrected chi connectivity index (χ2v) is 17.8. The van der Waals surface area contributed by atoms with E-state index in [0.717, 1.165) is 148 Å². The minimum Gasteiger partial charge on any atom is -0.494 e. The molecular formula is C49H51N12O+. The molecule has 0 N–H and O–H groups in total. The number of pyridine rings is 2. The highest BCUT2D eigenvalue weighted by Crippen LogP contribution is 2.41. The molecule has 8 heterocycles. The molecule has 0 spiro atoms. The van der Waals surface area contributed by atoms with Crippen molar-refractivity contribution in [2.45, 2.75) is 63.3 Å². The van der Waals surface area contributed by atoms with Gasteiger partial charge in [0, 0.05) is 118 Å². The van der Waals surface area contributed by atoms with Gasteiger partial charge in [0.1, 0.15) is 22.9 Å². The number of methoxy groups -OCH3 is 1. The van der Waals surface area contributed by atoms with Gasteiger partial charge in [-0.25, -0.2) is 19.9 Å². The number of aryl methyl sites for hydroxylation is 2. The van der Waals surface area contributed by atoms with Crippen LogP contribution in [0.5, 0.6) is 5.75 Å². The van der Waals surface area contributed by atoms with E-state index in [1.54, 1.807) is 13.3 Å². The van der Waals surface area contributed by atoms with Crippen molar-refractivity contribution in [1.29, 1.82) is 5.26 Å². The lowest BCUT2D eigenvalue weighted by atomic mass is 9.93. The van der Waals surface area contributed by atoms with Gasteiger partial charge in [0.05, 0.1) is 36.0 Å². The number of aromatic nitrogens is 6. The first-order valence-electron chi connectivity index (χ1n) is 22.3. The van der Waals surface area contributed by atoms with Crippen LogP contribution < -0.4 is 24.3 Å². The summed E-state index contributed by atoms with van der Waals surface area (Å²) in [6.45, 7) is 9.19. The average molecular weight is 824 g/mol. The molecule has 1 unspecified atom stereocenters. The largest absolute Gasteiger partial charge is 0.494 e. The molecule has 62 heavy (non-hydrogen) atoms. The molecule has 1 atom stereocenters. The molecule has 6 aromatic rings. The predicted octanol–water partition coefficient (Wildman–Crippen LogP) is 7.86. The second kappa shape index (κ2) is 16.0. The lowest BCUT2D eigenvalue weighted by molar-refractivity contribution is 0.418. The van der Waals surface area contributed by atoms with Crippen LogP contribution in [0.2, 0.25) is 0 Å². The third-order valence-corrected chi connectivity index (χ3v) is 14.0. The molecule has 13 nitrogen and oxygen atoms in total.